The smallest absolute Gasteiger partial charge is 0.256 e. The standard InChI is InChI=1S/C23H24N4O2S/c1-15(28)21(17-6-10-24-11-7-17)16-2-4-18(5-3-16)22(29)27-20-14-26-23(30-20)19-8-12-25-13-9-19/h2-5,8-9,12-14,17,21,24H,6-7,10-11H2,1H3,(H,27,29). The average Bonchev–Trinajstić information content (AvgIpc) is 3.24. The summed E-state index contributed by atoms with van der Waals surface area (Å²) in [5, 5.41) is 7.77. The lowest BCUT2D eigenvalue weighted by Gasteiger charge is -2.29. The van der Waals surface area contributed by atoms with Crippen LogP contribution in [0.1, 0.15) is 41.6 Å². The number of carbonyl (C=O) groups is 2. The van der Waals surface area contributed by atoms with Gasteiger partial charge in [-0.2, -0.15) is 0 Å². The molecule has 0 aliphatic carbocycles. The van der Waals surface area contributed by atoms with E-state index in [0.29, 0.717) is 16.5 Å². The highest BCUT2D eigenvalue weighted by atomic mass is 32.1. The fraction of sp³-hybridized carbons (Fsp3) is 0.304. The summed E-state index contributed by atoms with van der Waals surface area (Å²) >= 11 is 1.42. The predicted octanol–water partition coefficient (Wildman–Crippen LogP) is 4.13. The molecule has 30 heavy (non-hydrogen) atoms. The summed E-state index contributed by atoms with van der Waals surface area (Å²) < 4.78 is 0. The van der Waals surface area contributed by atoms with E-state index in [0.717, 1.165) is 42.1 Å². The zero-order chi connectivity index (χ0) is 20.9. The van der Waals surface area contributed by atoms with Crippen molar-refractivity contribution in [1.29, 1.82) is 0 Å². The van der Waals surface area contributed by atoms with Crippen LogP contribution in [0.15, 0.2) is 55.0 Å². The van der Waals surface area contributed by atoms with Crippen molar-refractivity contribution in [2.75, 3.05) is 18.4 Å². The van der Waals surface area contributed by atoms with Crippen molar-refractivity contribution in [2.24, 2.45) is 5.92 Å². The molecule has 4 rings (SSSR count). The minimum atomic E-state index is -0.187. The fourth-order valence-electron chi connectivity index (χ4n) is 4.00. The molecule has 1 aliphatic rings. The van der Waals surface area contributed by atoms with Crippen LogP contribution in [0.3, 0.4) is 0 Å². The van der Waals surface area contributed by atoms with Crippen LogP contribution in [-0.2, 0) is 4.79 Å². The van der Waals surface area contributed by atoms with Crippen molar-refractivity contribution >= 4 is 28.0 Å². The van der Waals surface area contributed by atoms with Crippen LogP contribution in [0, 0.1) is 5.92 Å². The molecule has 1 fully saturated rings. The molecule has 1 aromatic carbocycles. The average molecular weight is 421 g/mol. The Morgan fingerprint density at radius 1 is 1.10 bits per heavy atom. The Bertz CT molecular complexity index is 1010. The van der Waals surface area contributed by atoms with E-state index < -0.39 is 0 Å². The summed E-state index contributed by atoms with van der Waals surface area (Å²) in [6.45, 7) is 3.56. The lowest BCUT2D eigenvalue weighted by atomic mass is 9.78. The summed E-state index contributed by atoms with van der Waals surface area (Å²) in [7, 11) is 0. The molecule has 2 N–H and O–H groups in total. The van der Waals surface area contributed by atoms with Gasteiger partial charge in [0.05, 0.1) is 6.20 Å². The Morgan fingerprint density at radius 2 is 1.80 bits per heavy atom. The van der Waals surface area contributed by atoms with Gasteiger partial charge < -0.3 is 10.6 Å². The SMILES string of the molecule is CC(=O)C(c1ccc(C(=O)Nc2cnc(-c3ccncc3)s2)cc1)C1CCNCC1. The maximum atomic E-state index is 12.7. The van der Waals surface area contributed by atoms with E-state index in [4.69, 9.17) is 0 Å². The molecule has 2 aromatic heterocycles. The van der Waals surface area contributed by atoms with Gasteiger partial charge in [-0.1, -0.05) is 23.5 Å². The van der Waals surface area contributed by atoms with Crippen LogP contribution < -0.4 is 10.6 Å². The first-order chi connectivity index (χ1) is 14.6. The maximum absolute atomic E-state index is 12.7. The Labute approximate surface area is 179 Å². The number of pyridine rings is 1. The van der Waals surface area contributed by atoms with Crippen LogP contribution >= 0.6 is 11.3 Å². The first kappa shape index (κ1) is 20.4. The van der Waals surface area contributed by atoms with Crippen molar-refractivity contribution in [3.63, 3.8) is 0 Å². The number of amides is 1. The number of benzene rings is 1. The molecule has 7 heteroatoms. The lowest BCUT2D eigenvalue weighted by Crippen LogP contribution is -2.33. The molecule has 1 saturated heterocycles. The second-order valence-corrected chi connectivity index (χ2v) is 8.55. The van der Waals surface area contributed by atoms with E-state index in [-0.39, 0.29) is 17.6 Å². The molecule has 0 radical (unpaired) electrons. The number of hydrogen-bond donors (Lipinski definition) is 2. The Kier molecular flexibility index (Phi) is 6.30. The lowest BCUT2D eigenvalue weighted by molar-refractivity contribution is -0.119. The third-order valence-electron chi connectivity index (χ3n) is 5.49. The van der Waals surface area contributed by atoms with Gasteiger partial charge in [0, 0.05) is 29.4 Å². The molecule has 0 saturated carbocycles. The fourth-order valence-corrected chi connectivity index (χ4v) is 4.82. The van der Waals surface area contributed by atoms with Gasteiger partial charge in [0.25, 0.3) is 5.91 Å². The van der Waals surface area contributed by atoms with E-state index in [1.54, 1.807) is 37.6 Å². The van der Waals surface area contributed by atoms with Gasteiger partial charge in [0.15, 0.2) is 0 Å². The van der Waals surface area contributed by atoms with Gasteiger partial charge in [-0.15, -0.1) is 0 Å². The van der Waals surface area contributed by atoms with Crippen LogP contribution in [-0.4, -0.2) is 34.7 Å². The van der Waals surface area contributed by atoms with Crippen LogP contribution in [0.2, 0.25) is 0 Å². The molecular formula is C23H24N4O2S. The molecule has 3 heterocycles. The Hall–Kier alpha value is -2.90. The number of nitrogens with one attached hydrogen (secondary N) is 2. The minimum absolute atomic E-state index is 0.103. The second kappa shape index (κ2) is 9.28. The molecule has 1 atom stereocenters. The molecule has 154 valence electrons. The quantitative estimate of drug-likeness (QED) is 0.626. The number of piperidine rings is 1. The minimum Gasteiger partial charge on any atom is -0.317 e. The largest absolute Gasteiger partial charge is 0.317 e. The van der Waals surface area contributed by atoms with Crippen LogP contribution in [0.4, 0.5) is 5.00 Å². The molecule has 0 spiro atoms. The van der Waals surface area contributed by atoms with Crippen molar-refractivity contribution in [3.8, 4) is 10.6 Å². The van der Waals surface area contributed by atoms with E-state index in [2.05, 4.69) is 20.6 Å². The third-order valence-corrected chi connectivity index (χ3v) is 6.46. The topological polar surface area (TPSA) is 84.0 Å². The molecule has 1 aliphatic heterocycles. The number of anilines is 1. The normalized spacial score (nSPS) is 15.5. The van der Waals surface area contributed by atoms with E-state index in [1.807, 2.05) is 24.3 Å². The van der Waals surface area contributed by atoms with E-state index in [1.165, 1.54) is 11.3 Å². The first-order valence-corrected chi connectivity index (χ1v) is 10.9. The number of carbonyl (C=O) groups excluding carboxylic acids is 2. The second-order valence-electron chi connectivity index (χ2n) is 7.52. The van der Waals surface area contributed by atoms with Gasteiger partial charge in [-0.25, -0.2) is 4.98 Å². The highest BCUT2D eigenvalue weighted by molar-refractivity contribution is 7.19. The molecule has 3 aromatic rings. The highest BCUT2D eigenvalue weighted by Gasteiger charge is 2.28. The zero-order valence-electron chi connectivity index (χ0n) is 16.8. The summed E-state index contributed by atoms with van der Waals surface area (Å²) in [4.78, 5) is 33.4. The molecular weight excluding hydrogens is 396 g/mol. The Morgan fingerprint density at radius 3 is 2.47 bits per heavy atom. The first-order valence-electron chi connectivity index (χ1n) is 10.1. The molecule has 6 nitrogen and oxygen atoms in total. The van der Waals surface area contributed by atoms with Crippen molar-refractivity contribution in [1.82, 2.24) is 15.3 Å². The summed E-state index contributed by atoms with van der Waals surface area (Å²) in [5.41, 5.74) is 2.52. The monoisotopic (exact) mass is 420 g/mol. The highest BCUT2D eigenvalue weighted by Crippen LogP contribution is 2.32. The van der Waals surface area contributed by atoms with Crippen LogP contribution in [0.25, 0.3) is 10.6 Å². The van der Waals surface area contributed by atoms with Gasteiger partial charge in [-0.3, -0.25) is 14.6 Å². The number of thiazole rings is 1. The number of hydrogen-bond acceptors (Lipinski definition) is 6. The molecule has 1 unspecified atom stereocenters. The van der Waals surface area contributed by atoms with Gasteiger partial charge in [-0.05, 0) is 68.6 Å². The number of ketones is 1. The zero-order valence-corrected chi connectivity index (χ0v) is 17.6. The van der Waals surface area contributed by atoms with E-state index in [9.17, 15) is 9.59 Å². The molecule has 1 amide bonds. The maximum Gasteiger partial charge on any atom is 0.256 e. The van der Waals surface area contributed by atoms with Crippen molar-refractivity contribution in [2.45, 2.75) is 25.7 Å². The van der Waals surface area contributed by atoms with Crippen molar-refractivity contribution < 1.29 is 9.59 Å². The van der Waals surface area contributed by atoms with Gasteiger partial charge in [0.1, 0.15) is 15.8 Å². The van der Waals surface area contributed by atoms with Crippen molar-refractivity contribution in [3.05, 3.63) is 66.1 Å². The number of Topliss-reactive ketones (excluding diaryl/α,β-unsaturated/α-hetero) is 1. The summed E-state index contributed by atoms with van der Waals surface area (Å²) in [5.74, 6) is 0.251. The van der Waals surface area contributed by atoms with E-state index >= 15 is 0 Å². The van der Waals surface area contributed by atoms with Gasteiger partial charge >= 0.3 is 0 Å². The number of aromatic nitrogens is 2. The van der Waals surface area contributed by atoms with Gasteiger partial charge in [0.2, 0.25) is 0 Å². The summed E-state index contributed by atoms with van der Waals surface area (Å²) in [6, 6.07) is 11.2. The predicted molar refractivity (Wildman–Crippen MR) is 119 cm³/mol. The molecule has 0 bridgehead atoms. The summed E-state index contributed by atoms with van der Waals surface area (Å²) in [6.07, 6.45) is 7.09. The Balaban J connectivity index is 1.45. The number of nitrogens with zero attached hydrogens (tertiary/aromatic N) is 2. The van der Waals surface area contributed by atoms with Crippen LogP contribution in [0.5, 0.6) is 0 Å². The third kappa shape index (κ3) is 4.63. The number of rotatable bonds is 6.